The Morgan fingerprint density at radius 2 is 1.20 bits per heavy atom. The van der Waals surface area contributed by atoms with Crippen molar-refractivity contribution in [2.45, 2.75) is 262 Å². The largest absolute Gasteiger partial charge is 0.492 e. The van der Waals surface area contributed by atoms with E-state index < -0.39 is 58.3 Å². The van der Waals surface area contributed by atoms with Gasteiger partial charge in [0.05, 0.1) is 43.1 Å². The van der Waals surface area contributed by atoms with Crippen molar-refractivity contribution in [3.8, 4) is 28.7 Å². The second-order valence-corrected chi connectivity index (χ2v) is 28.3. The molecule has 0 aromatic heterocycles. The predicted molar refractivity (Wildman–Crippen MR) is 386 cm³/mol. The Morgan fingerprint density at radius 3 is 1.62 bits per heavy atom. The predicted octanol–water partition coefficient (Wildman–Crippen LogP) is 14.0. The molecule has 0 saturated carbocycles. The molecule has 0 unspecified atom stereocenters. The summed E-state index contributed by atoms with van der Waals surface area (Å²) in [5.41, 5.74) is 18.2. The van der Waals surface area contributed by atoms with Crippen LogP contribution in [0.25, 0.3) is 11.1 Å². The molecule has 4 bridgehead atoms. The second-order valence-electron chi connectivity index (χ2n) is 28.3. The molecule has 4 rings (SSSR count). The van der Waals surface area contributed by atoms with Crippen LogP contribution in [-0.2, 0) is 59.0 Å². The van der Waals surface area contributed by atoms with Crippen molar-refractivity contribution in [3.05, 3.63) is 47.5 Å². The first kappa shape index (κ1) is 90.7. The van der Waals surface area contributed by atoms with Crippen LogP contribution in [0.4, 0.5) is 0 Å². The fraction of sp³-hybridized carbons (Fsp3) is 0.727. The maximum absolute atomic E-state index is 14.4. The standard InChI is InChI=1S/C39H54N6O7.C15H30O2.C14H28O2.C5H10O2.C4H8O/c1-24-19-32(47)36(45(5)38(50)27(12-14-41)23-35(48)39(2,3)4)26-9-11-34(52-18-16-43)29(22-26)28-20-25(8-10-33(28)51-17-15-42)21-30(44-37(24)49)31(46)7-6-13-40;1-5-6-7-8-9-10-11-12-13-15(2,3)14(16)17-4;1-4-5-6-7-8-9-10-11-12-14(2,3)13(15)16;1-4(2)5(6)7-3;1-2-4-5-3-1/h8-11,20,22,24,27,30,36H,6-7,12,14-19,21,23,41-43H2,1-5H3,(H,44,49);5-13H2,1-4H3;4-12H2,1-3H3,(H,15,16);4H,1-3H3;1-4H2/t24-,27-,30+,36+;;;;/m1..../s1. The van der Waals surface area contributed by atoms with Crippen molar-refractivity contribution in [1.82, 2.24) is 10.2 Å². The number of nitrogens with zero attached hydrogens (tertiary/aromatic N) is 2. The molecule has 1 fully saturated rings. The molecule has 0 spiro atoms. The molecule has 97 heavy (non-hydrogen) atoms. The molecule has 20 nitrogen and oxygen atoms in total. The number of likely N-dealkylation sites (N-methyl/N-ethyl adjacent to an activating group) is 1. The molecule has 20 heteroatoms. The number of methoxy groups -OCH3 is 2. The van der Waals surface area contributed by atoms with Gasteiger partial charge >= 0.3 is 17.9 Å². The summed E-state index contributed by atoms with van der Waals surface area (Å²) in [4.78, 5) is 103. The number of Topliss-reactive ketones (excluding diaryl/α,β-unsaturated/α-hetero) is 3. The lowest BCUT2D eigenvalue weighted by Crippen LogP contribution is -2.46. The normalized spacial score (nSPS) is 15.7. The highest BCUT2D eigenvalue weighted by Crippen LogP contribution is 2.41. The van der Waals surface area contributed by atoms with Crippen molar-refractivity contribution in [1.29, 1.82) is 5.26 Å². The number of benzene rings is 2. The summed E-state index contributed by atoms with van der Waals surface area (Å²) in [5.74, 6) is -3.45. The SMILES string of the molecule is C1CCOC1.CCCCCCCCCCC(C)(C)C(=O)O.CCCCCCCCCCC(C)(C)C(=O)OC.COC(=O)C(C)C.C[C@@H]1CC(=O)[C@@H](N(C)C(=O)[C@H](CCN)CC(=O)C(C)(C)C)c2ccc(OCCN)c(c2)-c2cc(ccc2OCCN)C[C@@H](C(=O)CCC#N)NC1=O. The van der Waals surface area contributed by atoms with E-state index in [0.717, 1.165) is 38.9 Å². The summed E-state index contributed by atoms with van der Waals surface area (Å²) in [6.45, 7) is 25.6. The van der Waals surface area contributed by atoms with Crippen LogP contribution in [0.15, 0.2) is 36.4 Å². The number of esters is 2. The Kier molecular flexibility index (Phi) is 47.7. The molecule has 2 aliphatic heterocycles. The van der Waals surface area contributed by atoms with Gasteiger partial charge in [0.1, 0.15) is 36.5 Å². The van der Waals surface area contributed by atoms with E-state index in [4.69, 9.17) is 46.5 Å². The topological polar surface area (TPSA) is 320 Å². The third kappa shape index (κ3) is 37.5. The Morgan fingerprint density at radius 1 is 0.701 bits per heavy atom. The summed E-state index contributed by atoms with van der Waals surface area (Å²) in [6, 6.07) is 10.4. The van der Waals surface area contributed by atoms with Crippen LogP contribution in [-0.4, -0.2) is 130 Å². The van der Waals surface area contributed by atoms with Gasteiger partial charge in [-0.3, -0.25) is 38.4 Å². The van der Waals surface area contributed by atoms with Gasteiger partial charge in [0, 0.05) is 87.4 Å². The molecule has 0 aliphatic carbocycles. The highest BCUT2D eigenvalue weighted by molar-refractivity contribution is 5.97. The third-order valence-electron chi connectivity index (χ3n) is 17.3. The lowest BCUT2D eigenvalue weighted by molar-refractivity contribution is -0.151. The van der Waals surface area contributed by atoms with Gasteiger partial charge in [-0.1, -0.05) is 170 Å². The highest BCUT2D eigenvalue weighted by atomic mass is 16.5. The molecule has 0 radical (unpaired) electrons. The number of carboxylic acids is 1. The number of nitrogens with one attached hydrogen (secondary N) is 1. The number of nitriles is 1. The Balaban J connectivity index is 0.00000164. The average molecular weight is 1360 g/mol. The highest BCUT2D eigenvalue weighted by Gasteiger charge is 2.37. The maximum Gasteiger partial charge on any atom is 0.311 e. The second kappa shape index (κ2) is 51.0. The number of ketones is 3. The molecule has 2 amide bonds. The van der Waals surface area contributed by atoms with Crippen LogP contribution in [0.3, 0.4) is 0 Å². The van der Waals surface area contributed by atoms with E-state index in [-0.39, 0.29) is 106 Å². The van der Waals surface area contributed by atoms with Crippen molar-refractivity contribution < 1.29 is 67.1 Å². The van der Waals surface area contributed by atoms with E-state index >= 15 is 0 Å². The summed E-state index contributed by atoms with van der Waals surface area (Å²) in [6.07, 6.45) is 24.9. The van der Waals surface area contributed by atoms with Gasteiger partial charge < -0.3 is 56.2 Å². The van der Waals surface area contributed by atoms with E-state index in [2.05, 4.69) is 23.9 Å². The summed E-state index contributed by atoms with van der Waals surface area (Å²) < 4.78 is 26.2. The van der Waals surface area contributed by atoms with Crippen LogP contribution < -0.4 is 32.0 Å². The number of amides is 2. The number of hydrogen-bond acceptors (Lipinski definition) is 17. The molecule has 4 atom stereocenters. The van der Waals surface area contributed by atoms with Crippen LogP contribution in [0.1, 0.15) is 261 Å². The smallest absolute Gasteiger partial charge is 0.311 e. The van der Waals surface area contributed by atoms with Gasteiger partial charge in [-0.05, 0) is 108 Å². The molecule has 2 aromatic carbocycles. The summed E-state index contributed by atoms with van der Waals surface area (Å²) >= 11 is 0. The van der Waals surface area contributed by atoms with Crippen molar-refractivity contribution in [3.63, 3.8) is 0 Å². The zero-order valence-electron chi connectivity index (χ0n) is 62.6. The quantitative estimate of drug-likeness (QED) is 0.0313. The number of aliphatic carboxylic acids is 1. The zero-order valence-corrected chi connectivity index (χ0v) is 62.6. The number of unbranched alkanes of at least 4 members (excludes halogenated alkanes) is 14. The molecule has 552 valence electrons. The number of ether oxygens (including phenoxy) is 5. The summed E-state index contributed by atoms with van der Waals surface area (Å²) in [7, 11) is 4.38. The average Bonchev–Trinajstić information content (AvgIpc) is 0.869. The minimum atomic E-state index is -1.16. The van der Waals surface area contributed by atoms with Gasteiger partial charge in [-0.2, -0.15) is 5.26 Å². The van der Waals surface area contributed by atoms with E-state index in [9.17, 15) is 38.4 Å². The molecular formula is C77H130N6O14. The van der Waals surface area contributed by atoms with Crippen LogP contribution in [0.5, 0.6) is 11.5 Å². The van der Waals surface area contributed by atoms with Crippen LogP contribution >= 0.6 is 0 Å². The Bertz CT molecular complexity index is 2650. The van der Waals surface area contributed by atoms with E-state index in [1.165, 1.54) is 129 Å². The summed E-state index contributed by atoms with van der Waals surface area (Å²) in [5, 5.41) is 20.9. The number of carbonyl (C=O) groups excluding carboxylic acids is 7. The first-order valence-electron chi connectivity index (χ1n) is 36.0. The zero-order chi connectivity index (χ0) is 73.6. The van der Waals surface area contributed by atoms with Gasteiger partial charge in [0.2, 0.25) is 11.8 Å². The van der Waals surface area contributed by atoms with Crippen molar-refractivity contribution in [2.24, 2.45) is 51.2 Å². The molecule has 2 aliphatic rings. The lowest BCUT2D eigenvalue weighted by atomic mass is 9.83. The number of carbonyl (C=O) groups is 8. The Hall–Kier alpha value is -6.27. The molecule has 1 saturated heterocycles. The number of nitrogens with two attached hydrogens (primary N) is 3. The third-order valence-corrected chi connectivity index (χ3v) is 17.3. The molecule has 2 aromatic rings. The van der Waals surface area contributed by atoms with Gasteiger partial charge in [-0.15, -0.1) is 0 Å². The number of carboxylic acid groups (broad SMARTS) is 1. The number of hydrogen-bond donors (Lipinski definition) is 5. The van der Waals surface area contributed by atoms with Crippen molar-refractivity contribution >= 4 is 47.1 Å². The van der Waals surface area contributed by atoms with E-state index in [1.54, 1.807) is 71.9 Å². The molecule has 2 heterocycles. The van der Waals surface area contributed by atoms with E-state index in [1.807, 2.05) is 39.8 Å². The number of rotatable bonds is 36. The lowest BCUT2D eigenvalue weighted by Gasteiger charge is -2.32. The monoisotopic (exact) mass is 1360 g/mol. The maximum atomic E-state index is 14.4. The minimum absolute atomic E-state index is 0.00463. The van der Waals surface area contributed by atoms with Gasteiger partial charge in [0.25, 0.3) is 0 Å². The first-order valence-corrected chi connectivity index (χ1v) is 36.0. The molecule has 8 N–H and O–H groups in total. The van der Waals surface area contributed by atoms with Gasteiger partial charge in [-0.25, -0.2) is 0 Å². The van der Waals surface area contributed by atoms with E-state index in [0.29, 0.717) is 33.8 Å². The fourth-order valence-corrected chi connectivity index (χ4v) is 10.8. The van der Waals surface area contributed by atoms with Gasteiger partial charge in [0.15, 0.2) is 11.6 Å². The van der Waals surface area contributed by atoms with Crippen LogP contribution in [0.2, 0.25) is 0 Å². The van der Waals surface area contributed by atoms with Crippen LogP contribution in [0, 0.1) is 45.3 Å². The fourth-order valence-electron chi connectivity index (χ4n) is 10.8. The van der Waals surface area contributed by atoms with Crippen molar-refractivity contribution in [2.75, 3.05) is 67.3 Å². The Labute approximate surface area is 584 Å². The minimum Gasteiger partial charge on any atom is -0.492 e. The number of fused-ring (bicyclic) bond motifs is 5. The first-order chi connectivity index (χ1) is 45.9. The molecular weight excluding hydrogens is 1230 g/mol.